The van der Waals surface area contributed by atoms with Crippen molar-refractivity contribution in [1.29, 1.82) is 0 Å². The van der Waals surface area contributed by atoms with Gasteiger partial charge in [-0.1, -0.05) is 12.1 Å². The highest BCUT2D eigenvalue weighted by Crippen LogP contribution is 2.20. The molecule has 0 saturated heterocycles. The molecule has 7 heteroatoms. The number of primary amides is 1. The van der Waals surface area contributed by atoms with Gasteiger partial charge in [-0.2, -0.15) is 4.31 Å². The van der Waals surface area contributed by atoms with Gasteiger partial charge in [0.25, 0.3) is 0 Å². The van der Waals surface area contributed by atoms with Gasteiger partial charge in [0.1, 0.15) is 0 Å². The third-order valence-electron chi connectivity index (χ3n) is 3.02. The fourth-order valence-electron chi connectivity index (χ4n) is 1.91. The number of hydrogen-bond acceptors (Lipinski definition) is 4. The molecule has 5 nitrogen and oxygen atoms in total. The van der Waals surface area contributed by atoms with Crippen LogP contribution in [0.3, 0.4) is 0 Å². The van der Waals surface area contributed by atoms with E-state index < -0.39 is 15.9 Å². The molecule has 0 bridgehead atoms. The zero-order valence-electron chi connectivity index (χ0n) is 11.8. The third-order valence-corrected chi connectivity index (χ3v) is 5.71. The predicted molar refractivity (Wildman–Crippen MR) is 87.1 cm³/mol. The lowest BCUT2D eigenvalue weighted by Crippen LogP contribution is -2.30. The third kappa shape index (κ3) is 3.62. The van der Waals surface area contributed by atoms with Crippen molar-refractivity contribution in [3.8, 4) is 0 Å². The fourth-order valence-corrected chi connectivity index (χ4v) is 4.10. The number of nitrogens with two attached hydrogens (primary N) is 1. The second-order valence-electron chi connectivity index (χ2n) is 4.55. The molecule has 2 N–H and O–H groups in total. The maximum Gasteiger partial charge on any atom is 0.248 e. The second kappa shape index (κ2) is 6.87. The highest BCUT2D eigenvalue weighted by Gasteiger charge is 2.24. The van der Waals surface area contributed by atoms with Crippen molar-refractivity contribution in [2.45, 2.75) is 11.4 Å². The molecule has 1 aromatic heterocycles. The van der Waals surface area contributed by atoms with Gasteiger partial charge < -0.3 is 5.73 Å². The summed E-state index contributed by atoms with van der Waals surface area (Å²) in [6.45, 7) is 4.10. The van der Waals surface area contributed by atoms with Crippen molar-refractivity contribution in [2.24, 2.45) is 5.73 Å². The molecule has 0 aliphatic rings. The Morgan fingerprint density at radius 1 is 1.27 bits per heavy atom. The van der Waals surface area contributed by atoms with E-state index in [0.29, 0.717) is 0 Å². The minimum absolute atomic E-state index is 0.121. The van der Waals surface area contributed by atoms with E-state index >= 15 is 0 Å². The van der Waals surface area contributed by atoms with Crippen molar-refractivity contribution in [3.05, 3.63) is 64.9 Å². The summed E-state index contributed by atoms with van der Waals surface area (Å²) in [6, 6.07) is 9.35. The molecule has 116 valence electrons. The number of nitrogens with zero attached hydrogens (tertiary/aromatic N) is 1. The van der Waals surface area contributed by atoms with Crippen LogP contribution in [0.15, 0.2) is 59.3 Å². The molecule has 0 radical (unpaired) electrons. The molecular weight excluding hydrogens is 320 g/mol. The summed E-state index contributed by atoms with van der Waals surface area (Å²) in [7, 11) is -3.67. The molecule has 0 atom stereocenters. The number of amides is 1. The molecule has 1 heterocycles. The zero-order chi connectivity index (χ0) is 16.2. The van der Waals surface area contributed by atoms with E-state index in [1.807, 2.05) is 17.5 Å². The van der Waals surface area contributed by atoms with Crippen LogP contribution in [0, 0.1) is 0 Å². The smallest absolute Gasteiger partial charge is 0.248 e. The van der Waals surface area contributed by atoms with Crippen molar-refractivity contribution in [1.82, 2.24) is 4.31 Å². The molecule has 0 saturated carbocycles. The Morgan fingerprint density at radius 3 is 2.45 bits per heavy atom. The Labute approximate surface area is 133 Å². The van der Waals surface area contributed by atoms with Gasteiger partial charge in [0.15, 0.2) is 0 Å². The topological polar surface area (TPSA) is 80.5 Å². The van der Waals surface area contributed by atoms with Gasteiger partial charge in [-0.05, 0) is 35.7 Å². The molecule has 2 aromatic rings. The van der Waals surface area contributed by atoms with Crippen molar-refractivity contribution < 1.29 is 13.2 Å². The Kier molecular flexibility index (Phi) is 5.12. The van der Waals surface area contributed by atoms with E-state index in [0.717, 1.165) is 4.88 Å². The van der Waals surface area contributed by atoms with Crippen LogP contribution >= 0.6 is 11.3 Å². The molecule has 0 aliphatic heterocycles. The SMILES string of the molecule is C=CCN(Cc1cccs1)S(=O)(=O)c1ccc(C(N)=O)cc1. The summed E-state index contributed by atoms with van der Waals surface area (Å²) in [6.07, 6.45) is 1.54. The molecule has 0 aliphatic carbocycles. The van der Waals surface area contributed by atoms with Crippen LogP contribution in [0.25, 0.3) is 0 Å². The summed E-state index contributed by atoms with van der Waals surface area (Å²) in [5, 5.41) is 1.90. The normalized spacial score (nSPS) is 11.5. The Hall–Kier alpha value is -1.96. The quantitative estimate of drug-likeness (QED) is 0.787. The van der Waals surface area contributed by atoms with Crippen molar-refractivity contribution >= 4 is 27.3 Å². The van der Waals surface area contributed by atoms with Crippen molar-refractivity contribution in [3.63, 3.8) is 0 Å². The molecular formula is C15H16N2O3S2. The van der Waals surface area contributed by atoms with Gasteiger partial charge >= 0.3 is 0 Å². The Bertz CT molecular complexity index is 751. The summed E-state index contributed by atoms with van der Waals surface area (Å²) >= 11 is 1.49. The first kappa shape index (κ1) is 16.4. The van der Waals surface area contributed by atoms with Crippen LogP contribution in [-0.4, -0.2) is 25.2 Å². The number of hydrogen-bond donors (Lipinski definition) is 1. The lowest BCUT2D eigenvalue weighted by atomic mass is 10.2. The summed E-state index contributed by atoms with van der Waals surface area (Å²) in [4.78, 5) is 12.1. The average Bonchev–Trinajstić information content (AvgIpc) is 3.00. The first-order valence-electron chi connectivity index (χ1n) is 6.48. The van der Waals surface area contributed by atoms with Gasteiger partial charge in [0.05, 0.1) is 4.90 Å². The summed E-state index contributed by atoms with van der Waals surface area (Å²) in [5.41, 5.74) is 5.43. The van der Waals surface area contributed by atoms with E-state index in [4.69, 9.17) is 5.73 Å². The van der Waals surface area contributed by atoms with E-state index in [-0.39, 0.29) is 23.5 Å². The van der Waals surface area contributed by atoms with Gasteiger partial charge in [0, 0.05) is 23.5 Å². The molecule has 1 amide bonds. The average molecular weight is 336 g/mol. The van der Waals surface area contributed by atoms with E-state index in [2.05, 4.69) is 6.58 Å². The first-order valence-corrected chi connectivity index (χ1v) is 8.80. The van der Waals surface area contributed by atoms with Crippen LogP contribution in [0.2, 0.25) is 0 Å². The van der Waals surface area contributed by atoms with E-state index in [1.54, 1.807) is 6.08 Å². The fraction of sp³-hybridized carbons (Fsp3) is 0.133. The van der Waals surface area contributed by atoms with Crippen molar-refractivity contribution in [2.75, 3.05) is 6.54 Å². The predicted octanol–water partition coefficient (Wildman–Crippen LogP) is 2.22. The van der Waals surface area contributed by atoms with Gasteiger partial charge in [-0.15, -0.1) is 17.9 Å². The maximum atomic E-state index is 12.7. The molecule has 0 spiro atoms. The van der Waals surface area contributed by atoms with Gasteiger partial charge in [-0.25, -0.2) is 8.42 Å². The second-order valence-corrected chi connectivity index (χ2v) is 7.52. The number of carbonyl (C=O) groups excluding carboxylic acids is 1. The monoisotopic (exact) mass is 336 g/mol. The largest absolute Gasteiger partial charge is 0.366 e. The van der Waals surface area contributed by atoms with Crippen LogP contribution in [0.5, 0.6) is 0 Å². The molecule has 22 heavy (non-hydrogen) atoms. The molecule has 2 rings (SSSR count). The first-order chi connectivity index (χ1) is 10.4. The highest BCUT2D eigenvalue weighted by molar-refractivity contribution is 7.89. The number of carbonyl (C=O) groups is 1. The number of sulfonamides is 1. The minimum atomic E-state index is -3.67. The van der Waals surface area contributed by atoms with E-state index in [1.165, 1.54) is 39.9 Å². The summed E-state index contributed by atoms with van der Waals surface area (Å²) in [5.74, 6) is -0.592. The number of thiophene rings is 1. The van der Waals surface area contributed by atoms with Crippen LogP contribution < -0.4 is 5.73 Å². The zero-order valence-corrected chi connectivity index (χ0v) is 13.4. The molecule has 0 unspecified atom stereocenters. The van der Waals surface area contributed by atoms with Gasteiger partial charge in [-0.3, -0.25) is 4.79 Å². The van der Waals surface area contributed by atoms with Crippen LogP contribution in [-0.2, 0) is 16.6 Å². The highest BCUT2D eigenvalue weighted by atomic mass is 32.2. The van der Waals surface area contributed by atoms with Crippen LogP contribution in [0.1, 0.15) is 15.2 Å². The van der Waals surface area contributed by atoms with E-state index in [9.17, 15) is 13.2 Å². The molecule has 1 aromatic carbocycles. The summed E-state index contributed by atoms with van der Waals surface area (Å²) < 4.78 is 26.7. The van der Waals surface area contributed by atoms with Crippen LogP contribution in [0.4, 0.5) is 0 Å². The molecule has 0 fully saturated rings. The maximum absolute atomic E-state index is 12.7. The standard InChI is InChI=1S/C15H16N2O3S2/c1-2-9-17(11-13-4-3-10-21-13)22(19,20)14-7-5-12(6-8-14)15(16)18/h2-8,10H,1,9,11H2,(H2,16,18). The lowest BCUT2D eigenvalue weighted by molar-refractivity contribution is 0.1000. The Morgan fingerprint density at radius 2 is 1.95 bits per heavy atom. The Balaban J connectivity index is 2.31. The number of rotatable bonds is 7. The lowest BCUT2D eigenvalue weighted by Gasteiger charge is -2.20. The minimum Gasteiger partial charge on any atom is -0.366 e. The van der Waals surface area contributed by atoms with Gasteiger partial charge in [0.2, 0.25) is 15.9 Å². The number of benzene rings is 1.